The predicted octanol–water partition coefficient (Wildman–Crippen LogP) is 5.36. The minimum absolute atomic E-state index is 0.297. The van der Waals surface area contributed by atoms with Gasteiger partial charge in [-0.3, -0.25) is 0 Å². The van der Waals surface area contributed by atoms with Crippen molar-refractivity contribution in [2.75, 3.05) is 0 Å². The van der Waals surface area contributed by atoms with Crippen LogP contribution in [0.4, 0.5) is 0 Å². The molecule has 22 heavy (non-hydrogen) atoms. The average molecular weight is 306 g/mol. The van der Waals surface area contributed by atoms with Crippen LogP contribution in [0.3, 0.4) is 0 Å². The van der Waals surface area contributed by atoms with Gasteiger partial charge >= 0.3 is 0 Å². The Balaban J connectivity index is 1.45. The summed E-state index contributed by atoms with van der Waals surface area (Å²) in [7, 11) is 0. The van der Waals surface area contributed by atoms with E-state index in [4.69, 9.17) is 9.78 Å². The first-order chi connectivity index (χ1) is 10.1. The zero-order valence-corrected chi connectivity index (χ0v) is 15.4. The second kappa shape index (κ2) is 4.30. The van der Waals surface area contributed by atoms with Gasteiger partial charge in [0.25, 0.3) is 0 Å². The molecular weight excluding hydrogens is 272 g/mol. The summed E-state index contributed by atoms with van der Waals surface area (Å²) in [6, 6.07) is 0. The van der Waals surface area contributed by atoms with Crippen molar-refractivity contribution in [3.63, 3.8) is 0 Å². The molecule has 4 rings (SSSR count). The molecule has 6 atom stereocenters. The Bertz CT molecular complexity index is 438. The molecule has 4 bridgehead atoms. The van der Waals surface area contributed by atoms with Crippen LogP contribution in [0.2, 0.25) is 0 Å². The van der Waals surface area contributed by atoms with Crippen LogP contribution >= 0.6 is 0 Å². The van der Waals surface area contributed by atoms with Crippen molar-refractivity contribution < 1.29 is 9.78 Å². The van der Waals surface area contributed by atoms with E-state index in [2.05, 4.69) is 41.5 Å². The Morgan fingerprint density at radius 1 is 0.636 bits per heavy atom. The number of hydrogen-bond acceptors (Lipinski definition) is 2. The van der Waals surface area contributed by atoms with Crippen molar-refractivity contribution in [2.24, 2.45) is 33.5 Å². The lowest BCUT2D eigenvalue weighted by Crippen LogP contribution is -2.41. The van der Waals surface area contributed by atoms with E-state index in [0.29, 0.717) is 33.9 Å². The lowest BCUT2D eigenvalue weighted by molar-refractivity contribution is -0.383. The third-order valence-electron chi connectivity index (χ3n) is 9.72. The fraction of sp³-hybridized carbons (Fsp3) is 1.00. The third-order valence-corrected chi connectivity index (χ3v) is 9.72. The van der Waals surface area contributed by atoms with Gasteiger partial charge in [-0.15, -0.1) is 0 Å². The van der Waals surface area contributed by atoms with Gasteiger partial charge < -0.3 is 0 Å². The summed E-state index contributed by atoms with van der Waals surface area (Å²) in [6.07, 6.45) is 8.33. The molecular formula is C20H34O2. The van der Waals surface area contributed by atoms with Crippen LogP contribution in [0.15, 0.2) is 0 Å². The molecule has 4 aliphatic rings. The molecule has 0 spiro atoms. The first-order valence-electron chi connectivity index (χ1n) is 9.45. The van der Waals surface area contributed by atoms with Crippen LogP contribution in [-0.2, 0) is 9.78 Å². The molecule has 0 heterocycles. The molecule has 0 N–H and O–H groups in total. The zero-order valence-electron chi connectivity index (χ0n) is 15.4. The molecule has 6 unspecified atom stereocenters. The lowest BCUT2D eigenvalue weighted by Gasteiger charge is -2.41. The quantitative estimate of drug-likeness (QED) is 0.516. The molecule has 0 saturated heterocycles. The van der Waals surface area contributed by atoms with Gasteiger partial charge in [-0.1, -0.05) is 41.5 Å². The molecule has 0 aromatic carbocycles. The van der Waals surface area contributed by atoms with Gasteiger partial charge in [-0.2, -0.15) is 0 Å². The summed E-state index contributed by atoms with van der Waals surface area (Å²) in [6.45, 7) is 14.6. The van der Waals surface area contributed by atoms with Crippen molar-refractivity contribution in [1.29, 1.82) is 0 Å². The third kappa shape index (κ3) is 1.59. The highest BCUT2D eigenvalue weighted by molar-refractivity contribution is 5.12. The summed E-state index contributed by atoms with van der Waals surface area (Å²) < 4.78 is 0. The Kier molecular flexibility index (Phi) is 3.02. The monoisotopic (exact) mass is 306 g/mol. The van der Waals surface area contributed by atoms with E-state index in [1.807, 2.05) is 0 Å². The topological polar surface area (TPSA) is 18.5 Å². The van der Waals surface area contributed by atoms with Crippen molar-refractivity contribution in [3.8, 4) is 0 Å². The highest BCUT2D eigenvalue weighted by Crippen LogP contribution is 2.68. The molecule has 2 nitrogen and oxygen atoms in total. The molecule has 0 aromatic heterocycles. The lowest BCUT2D eigenvalue weighted by atomic mass is 9.70. The summed E-state index contributed by atoms with van der Waals surface area (Å²) >= 11 is 0. The zero-order chi connectivity index (χ0) is 16.0. The van der Waals surface area contributed by atoms with E-state index in [1.54, 1.807) is 0 Å². The second-order valence-corrected chi connectivity index (χ2v) is 10.4. The minimum atomic E-state index is 0.297. The maximum atomic E-state index is 6.17. The molecule has 4 saturated carbocycles. The molecule has 4 fully saturated rings. The van der Waals surface area contributed by atoms with E-state index >= 15 is 0 Å². The Morgan fingerprint density at radius 2 is 1.00 bits per heavy atom. The molecule has 0 radical (unpaired) electrons. The summed E-state index contributed by atoms with van der Waals surface area (Å²) in [5, 5.41) is 0. The standard InChI is InChI=1S/C20H34O2/c1-17(2)13-7-9-19(17,5)15(11-13)21-22-16-12-14-8-10-20(16,6)18(14,3)4/h13-16H,7-12H2,1-6H3. The maximum Gasteiger partial charge on any atom is 0.0991 e. The maximum absolute atomic E-state index is 6.17. The largest absolute Gasteiger partial charge is 0.232 e. The first kappa shape index (κ1) is 15.4. The molecule has 4 aliphatic carbocycles. The highest BCUT2D eigenvalue weighted by atomic mass is 17.2. The minimum Gasteiger partial charge on any atom is -0.232 e. The molecule has 0 amide bonds. The van der Waals surface area contributed by atoms with Gasteiger partial charge in [0, 0.05) is 10.8 Å². The highest BCUT2D eigenvalue weighted by Gasteiger charge is 2.65. The van der Waals surface area contributed by atoms with Gasteiger partial charge in [0.15, 0.2) is 0 Å². The smallest absolute Gasteiger partial charge is 0.0991 e. The Labute approximate surface area is 136 Å². The van der Waals surface area contributed by atoms with Crippen LogP contribution < -0.4 is 0 Å². The van der Waals surface area contributed by atoms with E-state index in [0.717, 1.165) is 11.8 Å². The van der Waals surface area contributed by atoms with Crippen LogP contribution in [0.1, 0.15) is 80.1 Å². The Hall–Kier alpha value is -0.0800. The van der Waals surface area contributed by atoms with Crippen LogP contribution in [-0.4, -0.2) is 12.2 Å². The van der Waals surface area contributed by atoms with Gasteiger partial charge in [0.2, 0.25) is 0 Å². The van der Waals surface area contributed by atoms with Gasteiger partial charge in [0.1, 0.15) is 0 Å². The second-order valence-electron chi connectivity index (χ2n) is 10.4. The summed E-state index contributed by atoms with van der Waals surface area (Å²) in [4.78, 5) is 12.3. The van der Waals surface area contributed by atoms with Crippen molar-refractivity contribution in [1.82, 2.24) is 0 Å². The predicted molar refractivity (Wildman–Crippen MR) is 88.2 cm³/mol. The van der Waals surface area contributed by atoms with Crippen LogP contribution in [0.25, 0.3) is 0 Å². The van der Waals surface area contributed by atoms with Crippen molar-refractivity contribution in [3.05, 3.63) is 0 Å². The number of fused-ring (bicyclic) bond motifs is 4. The Morgan fingerprint density at radius 3 is 1.23 bits per heavy atom. The molecule has 126 valence electrons. The SMILES string of the molecule is CC1(C)C2CCC1(C)C(OOC1CC3CCC1(C)C3(C)C)C2. The van der Waals surface area contributed by atoms with Crippen molar-refractivity contribution in [2.45, 2.75) is 92.3 Å². The van der Waals surface area contributed by atoms with E-state index < -0.39 is 0 Å². The summed E-state index contributed by atoms with van der Waals surface area (Å²) in [5.41, 5.74) is 1.40. The molecule has 2 heteroatoms. The van der Waals surface area contributed by atoms with Crippen LogP contribution in [0.5, 0.6) is 0 Å². The van der Waals surface area contributed by atoms with Gasteiger partial charge in [-0.05, 0) is 61.2 Å². The van der Waals surface area contributed by atoms with Crippen LogP contribution in [0, 0.1) is 33.5 Å². The molecule has 0 aromatic rings. The van der Waals surface area contributed by atoms with E-state index in [9.17, 15) is 0 Å². The summed E-state index contributed by atoms with van der Waals surface area (Å²) in [5.74, 6) is 1.64. The fourth-order valence-electron chi connectivity index (χ4n) is 6.69. The average Bonchev–Trinajstić information content (AvgIpc) is 2.95. The van der Waals surface area contributed by atoms with Gasteiger partial charge in [0.05, 0.1) is 12.2 Å². The first-order valence-corrected chi connectivity index (χ1v) is 9.45. The van der Waals surface area contributed by atoms with Crippen molar-refractivity contribution >= 4 is 0 Å². The number of hydrogen-bond donors (Lipinski definition) is 0. The number of rotatable bonds is 3. The fourth-order valence-corrected chi connectivity index (χ4v) is 6.69. The van der Waals surface area contributed by atoms with E-state index in [-0.39, 0.29) is 0 Å². The molecule has 0 aliphatic heterocycles. The normalized spacial score (nSPS) is 54.3. The van der Waals surface area contributed by atoms with E-state index in [1.165, 1.54) is 38.5 Å². The van der Waals surface area contributed by atoms with Gasteiger partial charge in [-0.25, -0.2) is 9.78 Å².